The molecule has 0 fully saturated rings. The highest BCUT2D eigenvalue weighted by molar-refractivity contribution is 9.10. The van der Waals surface area contributed by atoms with E-state index in [0.29, 0.717) is 11.3 Å². The van der Waals surface area contributed by atoms with Crippen molar-refractivity contribution in [2.75, 3.05) is 5.32 Å². The smallest absolute Gasteiger partial charge is 0.275 e. The van der Waals surface area contributed by atoms with Crippen molar-refractivity contribution in [3.8, 4) is 0 Å². The Bertz CT molecular complexity index is 629. The molecule has 5 nitrogen and oxygen atoms in total. The van der Waals surface area contributed by atoms with Crippen LogP contribution in [-0.4, -0.2) is 21.7 Å². The molecule has 96 valence electrons. The van der Waals surface area contributed by atoms with Gasteiger partial charge in [0.1, 0.15) is 5.69 Å². The molecule has 0 spiro atoms. The molecule has 19 heavy (non-hydrogen) atoms. The topological polar surface area (TPSA) is 72.0 Å². The summed E-state index contributed by atoms with van der Waals surface area (Å²) >= 11 is 3.29. The Morgan fingerprint density at radius 3 is 2.68 bits per heavy atom. The minimum Gasteiger partial charge on any atom is -0.320 e. The number of hydrogen-bond donors (Lipinski definition) is 1. The minimum atomic E-state index is -0.405. The van der Waals surface area contributed by atoms with Crippen LogP contribution in [0.4, 0.5) is 5.69 Å². The van der Waals surface area contributed by atoms with E-state index in [1.165, 1.54) is 25.5 Å². The van der Waals surface area contributed by atoms with Crippen LogP contribution >= 0.6 is 15.9 Å². The largest absolute Gasteiger partial charge is 0.320 e. The van der Waals surface area contributed by atoms with E-state index in [1.807, 2.05) is 0 Å². The molecule has 6 heteroatoms. The summed E-state index contributed by atoms with van der Waals surface area (Å²) < 4.78 is 0.773. The van der Waals surface area contributed by atoms with Crippen LogP contribution in [-0.2, 0) is 0 Å². The molecule has 0 bridgehead atoms. The SMILES string of the molecule is CC(=O)c1cc(Br)ccc1NC(=O)c1cnccn1. The van der Waals surface area contributed by atoms with Gasteiger partial charge in [-0.15, -0.1) is 0 Å². The highest BCUT2D eigenvalue weighted by Crippen LogP contribution is 2.22. The Morgan fingerprint density at radius 2 is 2.05 bits per heavy atom. The molecule has 2 aromatic rings. The average Bonchev–Trinajstić information content (AvgIpc) is 2.41. The van der Waals surface area contributed by atoms with Crippen molar-refractivity contribution in [2.45, 2.75) is 6.92 Å². The number of amides is 1. The number of hydrogen-bond acceptors (Lipinski definition) is 4. The molecule has 0 atom stereocenters. The van der Waals surface area contributed by atoms with E-state index in [2.05, 4.69) is 31.2 Å². The number of rotatable bonds is 3. The van der Waals surface area contributed by atoms with Crippen molar-refractivity contribution in [3.05, 3.63) is 52.5 Å². The maximum Gasteiger partial charge on any atom is 0.275 e. The van der Waals surface area contributed by atoms with Crippen molar-refractivity contribution >= 4 is 33.3 Å². The quantitative estimate of drug-likeness (QED) is 0.883. The second-order valence-electron chi connectivity index (χ2n) is 3.79. The van der Waals surface area contributed by atoms with Gasteiger partial charge in [-0.3, -0.25) is 14.6 Å². The number of carbonyl (C=O) groups excluding carboxylic acids is 2. The van der Waals surface area contributed by atoms with Gasteiger partial charge in [0, 0.05) is 22.4 Å². The molecule has 0 radical (unpaired) electrons. The van der Waals surface area contributed by atoms with Crippen LogP contribution in [0.25, 0.3) is 0 Å². The summed E-state index contributed by atoms with van der Waals surface area (Å²) in [6.07, 6.45) is 4.28. The first-order valence-corrected chi connectivity index (χ1v) is 6.25. The number of ketones is 1. The van der Waals surface area contributed by atoms with Crippen LogP contribution in [0.1, 0.15) is 27.8 Å². The van der Waals surface area contributed by atoms with E-state index in [4.69, 9.17) is 0 Å². The molecule has 1 N–H and O–H groups in total. The van der Waals surface area contributed by atoms with Crippen LogP contribution in [0.2, 0.25) is 0 Å². The molecular formula is C13H10BrN3O2. The molecule has 0 saturated heterocycles. The number of aromatic nitrogens is 2. The third-order valence-electron chi connectivity index (χ3n) is 2.40. The van der Waals surface area contributed by atoms with Gasteiger partial charge in [-0.1, -0.05) is 15.9 Å². The average molecular weight is 320 g/mol. The van der Waals surface area contributed by atoms with Gasteiger partial charge < -0.3 is 5.32 Å². The number of nitrogens with zero attached hydrogens (tertiary/aromatic N) is 2. The fourth-order valence-electron chi connectivity index (χ4n) is 1.52. The van der Waals surface area contributed by atoms with E-state index in [0.717, 1.165) is 4.47 Å². The summed E-state index contributed by atoms with van der Waals surface area (Å²) in [4.78, 5) is 31.2. The van der Waals surface area contributed by atoms with Gasteiger partial charge in [-0.2, -0.15) is 0 Å². The molecule has 1 aromatic heterocycles. The minimum absolute atomic E-state index is 0.129. The molecule has 0 aliphatic carbocycles. The molecule has 2 rings (SSSR count). The zero-order chi connectivity index (χ0) is 13.8. The second kappa shape index (κ2) is 5.71. The van der Waals surface area contributed by atoms with Crippen LogP contribution < -0.4 is 5.32 Å². The summed E-state index contributed by atoms with van der Waals surface area (Å²) in [7, 11) is 0. The first-order valence-electron chi connectivity index (χ1n) is 5.46. The molecule has 1 aromatic carbocycles. The number of nitrogens with one attached hydrogen (secondary N) is 1. The van der Waals surface area contributed by atoms with E-state index in [9.17, 15) is 9.59 Å². The van der Waals surface area contributed by atoms with Gasteiger partial charge in [0.25, 0.3) is 5.91 Å². The van der Waals surface area contributed by atoms with Gasteiger partial charge in [0.2, 0.25) is 0 Å². The predicted molar refractivity (Wildman–Crippen MR) is 74.1 cm³/mol. The van der Waals surface area contributed by atoms with Crippen molar-refractivity contribution < 1.29 is 9.59 Å². The van der Waals surface area contributed by atoms with Gasteiger partial charge in [0.05, 0.1) is 11.9 Å². The lowest BCUT2D eigenvalue weighted by Gasteiger charge is -2.09. The molecule has 0 aliphatic heterocycles. The van der Waals surface area contributed by atoms with Crippen molar-refractivity contribution in [2.24, 2.45) is 0 Å². The van der Waals surface area contributed by atoms with Crippen molar-refractivity contribution in [1.82, 2.24) is 9.97 Å². The standard InChI is InChI=1S/C13H10BrN3O2/c1-8(18)10-6-9(14)2-3-11(10)17-13(19)12-7-15-4-5-16-12/h2-7H,1H3,(H,17,19). The summed E-state index contributed by atoms with van der Waals surface area (Å²) in [6.45, 7) is 1.44. The molecule has 1 heterocycles. The number of halogens is 1. The lowest BCUT2D eigenvalue weighted by Crippen LogP contribution is -2.15. The van der Waals surface area contributed by atoms with Gasteiger partial charge >= 0.3 is 0 Å². The lowest BCUT2D eigenvalue weighted by molar-refractivity contribution is 0.101. The molecular weight excluding hydrogens is 310 g/mol. The molecule has 0 unspecified atom stereocenters. The normalized spacial score (nSPS) is 10.0. The fourth-order valence-corrected chi connectivity index (χ4v) is 1.88. The zero-order valence-corrected chi connectivity index (χ0v) is 11.6. The Morgan fingerprint density at radius 1 is 1.26 bits per heavy atom. The molecule has 0 aliphatic rings. The summed E-state index contributed by atoms with van der Waals surface area (Å²) in [6, 6.07) is 5.07. The Labute approximate surface area is 118 Å². The molecule has 0 saturated carbocycles. The van der Waals surface area contributed by atoms with Gasteiger partial charge in [-0.05, 0) is 25.1 Å². The first kappa shape index (κ1) is 13.4. The molecule has 1 amide bonds. The maximum absolute atomic E-state index is 11.9. The Balaban J connectivity index is 2.29. The summed E-state index contributed by atoms with van der Waals surface area (Å²) in [5.74, 6) is -0.534. The van der Waals surface area contributed by atoms with Gasteiger partial charge in [-0.25, -0.2) is 4.98 Å². The van der Waals surface area contributed by atoms with Crippen molar-refractivity contribution in [3.63, 3.8) is 0 Å². The van der Waals surface area contributed by atoms with E-state index < -0.39 is 5.91 Å². The number of carbonyl (C=O) groups is 2. The van der Waals surface area contributed by atoms with Crippen LogP contribution in [0.3, 0.4) is 0 Å². The summed E-state index contributed by atoms with van der Waals surface area (Å²) in [5.41, 5.74) is 1.08. The van der Waals surface area contributed by atoms with Crippen LogP contribution in [0.15, 0.2) is 41.3 Å². The Kier molecular flexibility index (Phi) is 4.01. The first-order chi connectivity index (χ1) is 9.08. The van der Waals surface area contributed by atoms with E-state index >= 15 is 0 Å². The van der Waals surface area contributed by atoms with Crippen LogP contribution in [0.5, 0.6) is 0 Å². The van der Waals surface area contributed by atoms with Crippen molar-refractivity contribution in [1.29, 1.82) is 0 Å². The Hall–Kier alpha value is -2.08. The monoisotopic (exact) mass is 319 g/mol. The van der Waals surface area contributed by atoms with Crippen LogP contribution in [0, 0.1) is 0 Å². The van der Waals surface area contributed by atoms with Gasteiger partial charge in [0.15, 0.2) is 5.78 Å². The highest BCUT2D eigenvalue weighted by atomic mass is 79.9. The predicted octanol–water partition coefficient (Wildman–Crippen LogP) is 2.69. The lowest BCUT2D eigenvalue weighted by atomic mass is 10.1. The number of anilines is 1. The maximum atomic E-state index is 11.9. The number of benzene rings is 1. The fraction of sp³-hybridized carbons (Fsp3) is 0.0769. The second-order valence-corrected chi connectivity index (χ2v) is 4.71. The highest BCUT2D eigenvalue weighted by Gasteiger charge is 2.13. The third-order valence-corrected chi connectivity index (χ3v) is 2.90. The third kappa shape index (κ3) is 3.23. The zero-order valence-electron chi connectivity index (χ0n) is 10.1. The summed E-state index contributed by atoms with van der Waals surface area (Å²) in [5, 5.41) is 2.65. The number of Topliss-reactive ketones (excluding diaryl/α,β-unsaturated/α-hetero) is 1. The van der Waals surface area contributed by atoms with E-state index in [-0.39, 0.29) is 11.5 Å². The van der Waals surface area contributed by atoms with E-state index in [1.54, 1.807) is 18.2 Å².